The number of nitrogens with one attached hydrogen (secondary N) is 1. The van der Waals surface area contributed by atoms with E-state index in [9.17, 15) is 4.79 Å². The summed E-state index contributed by atoms with van der Waals surface area (Å²) in [5.41, 5.74) is 5.89. The first-order valence-electron chi connectivity index (χ1n) is 11.7. The summed E-state index contributed by atoms with van der Waals surface area (Å²) in [7, 11) is 2.76. The Labute approximate surface area is 213 Å². The predicted octanol–water partition coefficient (Wildman–Crippen LogP) is 4.55. The maximum absolute atomic E-state index is 13.0. The van der Waals surface area contributed by atoms with Gasteiger partial charge < -0.3 is 5.32 Å². The number of fused-ring (bicyclic) bond motifs is 3. The molecule has 2 aliphatic heterocycles. The fourth-order valence-electron chi connectivity index (χ4n) is 4.36. The van der Waals surface area contributed by atoms with Crippen LogP contribution in [0.3, 0.4) is 0 Å². The monoisotopic (exact) mass is 508 g/mol. The summed E-state index contributed by atoms with van der Waals surface area (Å²) in [6, 6.07) is 13.6. The van der Waals surface area contributed by atoms with E-state index < -0.39 is 0 Å². The minimum absolute atomic E-state index is 0.0704. The van der Waals surface area contributed by atoms with E-state index >= 15 is 0 Å². The van der Waals surface area contributed by atoms with Crippen molar-refractivity contribution in [1.29, 1.82) is 0 Å². The molecule has 182 valence electrons. The molecule has 2 aromatic rings. The fourth-order valence-corrected chi connectivity index (χ4v) is 4.75. The topological polar surface area (TPSA) is 81.8 Å². The van der Waals surface area contributed by atoms with Crippen LogP contribution in [0, 0.1) is 0 Å². The van der Waals surface area contributed by atoms with Crippen molar-refractivity contribution in [2.45, 2.75) is 33.2 Å². The molecule has 2 aromatic carbocycles. The molecule has 2 atom stereocenters. The molecule has 2 unspecified atom stereocenters. The average Bonchev–Trinajstić information content (AvgIpc) is 2.97. The molecular formula is C26H30ClN6OP. The molecule has 1 N–H and O–H groups in total. The predicted molar refractivity (Wildman–Crippen MR) is 148 cm³/mol. The number of amidine groups is 1. The Hall–Kier alpha value is -2.89. The second-order valence-corrected chi connectivity index (χ2v) is 9.62. The van der Waals surface area contributed by atoms with Gasteiger partial charge >= 0.3 is 0 Å². The van der Waals surface area contributed by atoms with Crippen molar-refractivity contribution in [2.75, 3.05) is 31.1 Å². The molecular weight excluding hydrogens is 479 g/mol. The van der Waals surface area contributed by atoms with E-state index in [0.717, 1.165) is 44.9 Å². The van der Waals surface area contributed by atoms with Gasteiger partial charge in [-0.25, -0.2) is 0 Å². The van der Waals surface area contributed by atoms with Gasteiger partial charge in [-0.15, -0.1) is 9.24 Å². The van der Waals surface area contributed by atoms with Gasteiger partial charge in [0, 0.05) is 22.7 Å². The maximum Gasteiger partial charge on any atom is 0.222 e. The highest BCUT2D eigenvalue weighted by Crippen LogP contribution is 2.37. The van der Waals surface area contributed by atoms with Crippen molar-refractivity contribution in [3.8, 4) is 0 Å². The third-order valence-electron chi connectivity index (χ3n) is 5.94. The van der Waals surface area contributed by atoms with E-state index in [4.69, 9.17) is 21.6 Å². The van der Waals surface area contributed by atoms with Crippen LogP contribution in [0.15, 0.2) is 73.9 Å². The summed E-state index contributed by atoms with van der Waals surface area (Å²) in [5, 5.41) is 12.7. The molecule has 0 aromatic heterocycles. The number of carbonyl (C=O) groups is 1. The molecule has 0 saturated heterocycles. The van der Waals surface area contributed by atoms with Gasteiger partial charge in [0.2, 0.25) is 5.91 Å². The Morgan fingerprint density at radius 2 is 1.97 bits per heavy atom. The highest BCUT2D eigenvalue weighted by atomic mass is 35.5. The lowest BCUT2D eigenvalue weighted by atomic mass is 9.99. The van der Waals surface area contributed by atoms with E-state index in [2.05, 4.69) is 54.8 Å². The number of hydrogen-bond donors (Lipinski definition) is 1. The second kappa shape index (κ2) is 11.2. The molecule has 2 aliphatic rings. The van der Waals surface area contributed by atoms with Crippen LogP contribution in [0.1, 0.15) is 38.3 Å². The van der Waals surface area contributed by atoms with Crippen molar-refractivity contribution in [3.63, 3.8) is 0 Å². The number of carbonyl (C=O) groups excluding carboxylic acids is 1. The smallest absolute Gasteiger partial charge is 0.222 e. The summed E-state index contributed by atoms with van der Waals surface area (Å²) in [5.74, 6) is 0.820. The summed E-state index contributed by atoms with van der Waals surface area (Å²) in [6.07, 6.45) is 0.222. The second-order valence-electron chi connectivity index (χ2n) is 8.52. The Morgan fingerprint density at radius 1 is 1.20 bits per heavy atom. The molecule has 1 amide bonds. The summed E-state index contributed by atoms with van der Waals surface area (Å²) >= 11 is 6.18. The van der Waals surface area contributed by atoms with Crippen LogP contribution in [-0.4, -0.2) is 49.7 Å². The van der Waals surface area contributed by atoms with Crippen molar-refractivity contribution in [2.24, 2.45) is 20.2 Å². The largest absolute Gasteiger partial charge is 0.354 e. The standard InChI is InChI=1S/C26H30ClN6OP/c1-4-30-31-12-11-28-24(34)14-22-26-16(2)15-29-17(3)33(26)23-10-9-20(35)13-21(23)25(32-22)18-5-7-19(27)8-6-18/h5-10,13,22H,4,11-12,14-15,35H2,1-3H3,(H,28,34). The number of rotatable bonds is 7. The van der Waals surface area contributed by atoms with Gasteiger partial charge in [0.15, 0.2) is 0 Å². The molecule has 0 saturated carbocycles. The van der Waals surface area contributed by atoms with Gasteiger partial charge in [0.1, 0.15) is 5.84 Å². The molecule has 0 radical (unpaired) electrons. The zero-order valence-corrected chi connectivity index (χ0v) is 22.2. The Kier molecular flexibility index (Phi) is 8.09. The minimum atomic E-state index is -0.372. The normalized spacial score (nSPS) is 17.5. The number of anilines is 1. The van der Waals surface area contributed by atoms with Crippen molar-refractivity contribution >= 4 is 49.3 Å². The first-order valence-corrected chi connectivity index (χ1v) is 12.7. The number of halogens is 1. The number of aliphatic imine (C=N–C) groups is 2. The number of benzene rings is 2. The van der Waals surface area contributed by atoms with Crippen LogP contribution in [0.25, 0.3) is 0 Å². The van der Waals surface area contributed by atoms with E-state index in [1.54, 1.807) is 0 Å². The molecule has 9 heteroatoms. The van der Waals surface area contributed by atoms with Gasteiger partial charge in [-0.3, -0.25) is 19.7 Å². The molecule has 0 fully saturated rings. The van der Waals surface area contributed by atoms with Crippen molar-refractivity contribution in [3.05, 3.63) is 69.9 Å². The highest BCUT2D eigenvalue weighted by molar-refractivity contribution is 7.27. The van der Waals surface area contributed by atoms with E-state index in [0.29, 0.717) is 31.2 Å². The maximum atomic E-state index is 13.0. The van der Waals surface area contributed by atoms with Gasteiger partial charge in [-0.2, -0.15) is 10.2 Å². The molecule has 0 bridgehead atoms. The van der Waals surface area contributed by atoms with E-state index in [-0.39, 0.29) is 18.4 Å². The van der Waals surface area contributed by atoms with Gasteiger partial charge in [0.05, 0.1) is 49.2 Å². The molecule has 0 aliphatic carbocycles. The molecule has 4 rings (SSSR count). The number of hydrogen-bond acceptors (Lipinski definition) is 6. The van der Waals surface area contributed by atoms with Crippen LogP contribution in [-0.2, 0) is 4.79 Å². The fraction of sp³-hybridized carbons (Fsp3) is 0.346. The van der Waals surface area contributed by atoms with E-state index in [1.165, 1.54) is 0 Å². The minimum Gasteiger partial charge on any atom is -0.354 e. The van der Waals surface area contributed by atoms with Crippen molar-refractivity contribution < 1.29 is 4.79 Å². The summed E-state index contributed by atoms with van der Waals surface area (Å²) in [4.78, 5) is 25.1. The van der Waals surface area contributed by atoms with Crippen LogP contribution < -0.4 is 15.5 Å². The Morgan fingerprint density at radius 3 is 2.71 bits per heavy atom. The third-order valence-corrected chi connectivity index (χ3v) is 6.55. The molecule has 2 heterocycles. The first-order chi connectivity index (χ1) is 16.9. The van der Waals surface area contributed by atoms with Crippen molar-refractivity contribution in [1.82, 2.24) is 5.32 Å². The van der Waals surface area contributed by atoms with Gasteiger partial charge in [-0.1, -0.05) is 29.8 Å². The zero-order chi connectivity index (χ0) is 24.9. The summed E-state index contributed by atoms with van der Waals surface area (Å²) in [6.45, 7) is 8.15. The van der Waals surface area contributed by atoms with Crippen LogP contribution in [0.5, 0.6) is 0 Å². The summed E-state index contributed by atoms with van der Waals surface area (Å²) < 4.78 is 0. The van der Waals surface area contributed by atoms with Crippen LogP contribution in [0.4, 0.5) is 5.69 Å². The Balaban J connectivity index is 1.79. The number of nitrogens with zero attached hydrogens (tertiary/aromatic N) is 5. The van der Waals surface area contributed by atoms with Gasteiger partial charge in [0.25, 0.3) is 0 Å². The third kappa shape index (κ3) is 5.68. The lowest BCUT2D eigenvalue weighted by Gasteiger charge is -2.34. The van der Waals surface area contributed by atoms with Crippen LogP contribution >= 0.6 is 20.8 Å². The SMILES string of the molecule is CCN=NCCNC(=O)CC1N=C(c2ccc(Cl)cc2)c2cc(P)ccc2N2C(C)=NCC(C)=C12. The molecule has 35 heavy (non-hydrogen) atoms. The van der Waals surface area contributed by atoms with Gasteiger partial charge in [-0.05, 0) is 55.9 Å². The highest BCUT2D eigenvalue weighted by Gasteiger charge is 2.34. The van der Waals surface area contributed by atoms with Crippen LogP contribution in [0.2, 0.25) is 5.02 Å². The quantitative estimate of drug-likeness (QED) is 0.338. The molecule has 0 spiro atoms. The Bertz CT molecular complexity index is 1230. The lowest BCUT2D eigenvalue weighted by molar-refractivity contribution is -0.121. The first kappa shape index (κ1) is 25.2. The average molecular weight is 509 g/mol. The number of azo groups is 1. The molecule has 7 nitrogen and oxygen atoms in total. The zero-order valence-electron chi connectivity index (χ0n) is 20.3. The number of amides is 1. The lowest BCUT2D eigenvalue weighted by Crippen LogP contribution is -2.39. The van der Waals surface area contributed by atoms with E-state index in [1.807, 2.05) is 38.1 Å².